The van der Waals surface area contributed by atoms with Crippen LogP contribution in [0.5, 0.6) is 5.75 Å². The number of carbonyl (C=O) groups is 1. The van der Waals surface area contributed by atoms with E-state index >= 15 is 0 Å². The topological polar surface area (TPSA) is 80.6 Å². The number of nitrogens with zero attached hydrogens (tertiary/aromatic N) is 3. The van der Waals surface area contributed by atoms with Crippen LogP contribution in [-0.4, -0.2) is 48.4 Å². The molecule has 1 amide bonds. The molecule has 6 aromatic rings. The largest absolute Gasteiger partial charge is 0.493 e. The number of nitrogens with one attached hydrogen (secondary N) is 2. The van der Waals surface area contributed by atoms with Gasteiger partial charge in [0.1, 0.15) is 5.75 Å². The Morgan fingerprint density at radius 1 is 0.854 bits per heavy atom. The summed E-state index contributed by atoms with van der Waals surface area (Å²) in [5.74, 6) is 0.706. The maximum absolute atomic E-state index is 13.4. The van der Waals surface area contributed by atoms with Gasteiger partial charge in [-0.1, -0.05) is 42.5 Å². The maximum Gasteiger partial charge on any atom is 0.257 e. The average Bonchev–Trinajstić information content (AvgIpc) is 3.46. The monoisotopic (exact) mass is 635 g/mol. The smallest absolute Gasteiger partial charge is 0.257 e. The van der Waals surface area contributed by atoms with Gasteiger partial charge in [0, 0.05) is 48.5 Å². The van der Waals surface area contributed by atoms with Crippen molar-refractivity contribution in [3.63, 3.8) is 0 Å². The Bertz CT molecular complexity index is 2080. The summed E-state index contributed by atoms with van der Waals surface area (Å²) in [5, 5.41) is 7.78. The summed E-state index contributed by atoms with van der Waals surface area (Å²) in [7, 11) is 0. The van der Waals surface area contributed by atoms with E-state index in [1.165, 1.54) is 11.3 Å². The molecule has 8 rings (SSSR count). The minimum Gasteiger partial charge on any atom is -0.493 e. The van der Waals surface area contributed by atoms with Gasteiger partial charge >= 0.3 is 0 Å². The van der Waals surface area contributed by atoms with Crippen molar-refractivity contribution in [2.24, 2.45) is 0 Å². The molecular formula is C40H37N5O3. The van der Waals surface area contributed by atoms with Gasteiger partial charge in [-0.2, -0.15) is 0 Å². The number of aromatic nitrogens is 2. The van der Waals surface area contributed by atoms with Crippen LogP contribution < -0.4 is 20.3 Å². The second-order valence-electron chi connectivity index (χ2n) is 12.3. The van der Waals surface area contributed by atoms with Gasteiger partial charge < -0.3 is 29.6 Å². The van der Waals surface area contributed by atoms with Crippen molar-refractivity contribution in [2.75, 3.05) is 48.4 Å². The van der Waals surface area contributed by atoms with Crippen molar-refractivity contribution in [3.05, 3.63) is 132 Å². The molecule has 240 valence electrons. The van der Waals surface area contributed by atoms with E-state index in [2.05, 4.69) is 92.8 Å². The zero-order chi connectivity index (χ0) is 32.5. The fourth-order valence-electron chi connectivity index (χ4n) is 6.71. The predicted octanol–water partition coefficient (Wildman–Crippen LogP) is 8.08. The molecule has 1 fully saturated rings. The number of carbonyl (C=O) groups excluding carboxylic acids is 1. The number of amides is 1. The molecule has 2 aromatic heterocycles. The molecule has 2 aliphatic heterocycles. The molecule has 0 radical (unpaired) electrons. The van der Waals surface area contributed by atoms with Crippen LogP contribution in [0.1, 0.15) is 34.5 Å². The Balaban J connectivity index is 0.997. The van der Waals surface area contributed by atoms with Crippen molar-refractivity contribution in [2.45, 2.75) is 19.4 Å². The van der Waals surface area contributed by atoms with Crippen molar-refractivity contribution < 1.29 is 14.3 Å². The van der Waals surface area contributed by atoms with E-state index in [1.54, 1.807) is 0 Å². The van der Waals surface area contributed by atoms with E-state index in [0.29, 0.717) is 18.6 Å². The van der Waals surface area contributed by atoms with Gasteiger partial charge in [-0.05, 0) is 78.2 Å². The number of pyridine rings is 1. The predicted molar refractivity (Wildman–Crippen MR) is 192 cm³/mol. The molecule has 2 N–H and O–H groups in total. The van der Waals surface area contributed by atoms with Gasteiger partial charge in [-0.3, -0.25) is 9.78 Å². The fraction of sp³-hybridized carbons (Fsp3) is 0.200. The third-order valence-electron chi connectivity index (χ3n) is 9.38. The number of ether oxygens (including phenoxy) is 2. The SMILES string of the molecule is CC(c1ccccc1)n1cc(-c2ccc3c(c2)Nc2ccc(CCOc4ccc(N5CCOCC5)cc4)cc2NC3=O)c2ccncc21. The highest BCUT2D eigenvalue weighted by Crippen LogP contribution is 2.38. The van der Waals surface area contributed by atoms with Crippen LogP contribution in [0.25, 0.3) is 22.0 Å². The molecule has 2 aliphatic rings. The van der Waals surface area contributed by atoms with Crippen LogP contribution in [0.4, 0.5) is 22.7 Å². The average molecular weight is 636 g/mol. The first-order valence-electron chi connectivity index (χ1n) is 16.5. The molecule has 1 atom stereocenters. The lowest BCUT2D eigenvalue weighted by Gasteiger charge is -2.28. The number of morpholine rings is 1. The third kappa shape index (κ3) is 5.87. The zero-order valence-electron chi connectivity index (χ0n) is 26.9. The quantitative estimate of drug-likeness (QED) is 0.176. The molecule has 0 bridgehead atoms. The first kappa shape index (κ1) is 29.8. The molecule has 8 nitrogen and oxygen atoms in total. The highest BCUT2D eigenvalue weighted by atomic mass is 16.5. The number of hydrogen-bond acceptors (Lipinski definition) is 6. The van der Waals surface area contributed by atoms with E-state index in [9.17, 15) is 4.79 Å². The van der Waals surface area contributed by atoms with Gasteiger partial charge in [0.05, 0.1) is 60.2 Å². The Hall–Kier alpha value is -5.60. The van der Waals surface area contributed by atoms with Gasteiger partial charge in [-0.25, -0.2) is 0 Å². The normalized spacial score (nSPS) is 14.8. The van der Waals surface area contributed by atoms with Crippen molar-refractivity contribution >= 4 is 39.6 Å². The maximum atomic E-state index is 13.4. The van der Waals surface area contributed by atoms with Gasteiger partial charge in [-0.15, -0.1) is 0 Å². The first-order valence-corrected chi connectivity index (χ1v) is 16.5. The highest BCUT2D eigenvalue weighted by molar-refractivity contribution is 6.13. The Kier molecular flexibility index (Phi) is 8.00. The Morgan fingerprint density at radius 2 is 1.69 bits per heavy atom. The third-order valence-corrected chi connectivity index (χ3v) is 9.38. The van der Waals surface area contributed by atoms with Crippen LogP contribution in [0.3, 0.4) is 0 Å². The van der Waals surface area contributed by atoms with Gasteiger partial charge in [0.15, 0.2) is 0 Å². The molecule has 1 unspecified atom stereocenters. The summed E-state index contributed by atoms with van der Waals surface area (Å²) in [6.45, 7) is 6.09. The molecule has 0 spiro atoms. The standard InChI is InChI=1S/C40H37N5O3/c1-27(29-5-3-2-4-6-29)45-26-35(33-15-17-41-25-39(33)45)30-8-13-34-37(24-30)42-36-14-7-28(23-38(36)43-40(34)46)16-20-48-32-11-9-31(10-12-32)44-18-21-47-22-19-44/h2-15,17,23-27,42H,16,18-22H2,1H3,(H,43,46). The highest BCUT2D eigenvalue weighted by Gasteiger charge is 2.22. The van der Waals surface area contributed by atoms with Crippen LogP contribution in [0.15, 0.2) is 116 Å². The number of anilines is 4. The van der Waals surface area contributed by atoms with Crippen LogP contribution in [0.2, 0.25) is 0 Å². The zero-order valence-corrected chi connectivity index (χ0v) is 26.9. The van der Waals surface area contributed by atoms with E-state index in [-0.39, 0.29) is 11.9 Å². The molecule has 8 heteroatoms. The number of fused-ring (bicyclic) bond motifs is 3. The summed E-state index contributed by atoms with van der Waals surface area (Å²) in [6, 6.07) is 33.1. The lowest BCUT2D eigenvalue weighted by Crippen LogP contribution is -2.36. The van der Waals surface area contributed by atoms with Crippen molar-refractivity contribution in [3.8, 4) is 16.9 Å². The second kappa shape index (κ2) is 12.9. The van der Waals surface area contributed by atoms with Crippen LogP contribution >= 0.6 is 0 Å². The Labute approximate surface area is 280 Å². The molecule has 4 heterocycles. The molecule has 48 heavy (non-hydrogen) atoms. The van der Waals surface area contributed by atoms with E-state index in [4.69, 9.17) is 9.47 Å². The Morgan fingerprint density at radius 3 is 2.52 bits per heavy atom. The fourth-order valence-corrected chi connectivity index (χ4v) is 6.71. The number of rotatable bonds is 8. The molecule has 0 saturated carbocycles. The molecule has 0 aliphatic carbocycles. The number of hydrogen-bond donors (Lipinski definition) is 2. The summed E-state index contributed by atoms with van der Waals surface area (Å²) >= 11 is 0. The first-order chi connectivity index (χ1) is 23.6. The molecular weight excluding hydrogens is 598 g/mol. The molecule has 1 saturated heterocycles. The van der Waals surface area contributed by atoms with E-state index in [1.807, 2.05) is 54.9 Å². The van der Waals surface area contributed by atoms with E-state index in [0.717, 1.165) is 76.7 Å². The molecule has 4 aromatic carbocycles. The lowest BCUT2D eigenvalue weighted by atomic mass is 10.0. The summed E-state index contributed by atoms with van der Waals surface area (Å²) in [4.78, 5) is 20.2. The summed E-state index contributed by atoms with van der Waals surface area (Å²) in [5.41, 5.74) is 9.67. The van der Waals surface area contributed by atoms with Gasteiger partial charge in [0.2, 0.25) is 0 Å². The number of benzene rings is 4. The van der Waals surface area contributed by atoms with Crippen molar-refractivity contribution in [1.29, 1.82) is 0 Å². The van der Waals surface area contributed by atoms with Crippen molar-refractivity contribution in [1.82, 2.24) is 9.55 Å². The van der Waals surface area contributed by atoms with Crippen LogP contribution in [0, 0.1) is 0 Å². The minimum atomic E-state index is -0.138. The summed E-state index contributed by atoms with van der Waals surface area (Å²) < 4.78 is 13.8. The van der Waals surface area contributed by atoms with Gasteiger partial charge in [0.25, 0.3) is 5.91 Å². The van der Waals surface area contributed by atoms with E-state index < -0.39 is 0 Å². The minimum absolute atomic E-state index is 0.128. The summed E-state index contributed by atoms with van der Waals surface area (Å²) in [6.07, 6.45) is 6.67. The second-order valence-corrected chi connectivity index (χ2v) is 12.3. The van der Waals surface area contributed by atoms with Crippen LogP contribution in [-0.2, 0) is 11.2 Å². The lowest BCUT2D eigenvalue weighted by molar-refractivity contribution is 0.102.